The van der Waals surface area contributed by atoms with Crippen molar-refractivity contribution in [3.63, 3.8) is 0 Å². The maximum Gasteiger partial charge on any atom is 0.389 e. The van der Waals surface area contributed by atoms with Crippen LogP contribution in [0.2, 0.25) is 0 Å². The molecule has 15 aromatic rings. The summed E-state index contributed by atoms with van der Waals surface area (Å²) in [6, 6.07) is 114. The second-order valence-electron chi connectivity index (χ2n) is 21.2. The molecule has 9 heteroatoms. The maximum atomic E-state index is 2.68. The highest BCUT2D eigenvalue weighted by Crippen LogP contribution is 2.38. The first-order chi connectivity index (χ1) is 40.2. The summed E-state index contributed by atoms with van der Waals surface area (Å²) < 4.78 is 15.4. The molecule has 4 heterocycles. The van der Waals surface area contributed by atoms with E-state index in [0.717, 1.165) is 50.5 Å². The number of aromatic nitrogens is 3. The van der Waals surface area contributed by atoms with Gasteiger partial charge < -0.3 is 27.9 Å². The molecule has 0 atom stereocenters. The number of hydrogen-bond donors (Lipinski definition) is 0. The Bertz CT molecular complexity index is 4180. The molecule has 0 N–H and O–H groups in total. The summed E-state index contributed by atoms with van der Waals surface area (Å²) >= 11 is 0. The molecule has 81 heavy (non-hydrogen) atoms. The van der Waals surface area contributed by atoms with Crippen molar-refractivity contribution in [1.82, 2.24) is 13.7 Å². The first kappa shape index (κ1) is 46.7. The summed E-state index contributed by atoms with van der Waals surface area (Å²) in [7, 11) is 0. The lowest BCUT2D eigenvalue weighted by molar-refractivity contribution is 1.18. The molecule has 0 unspecified atom stereocenters. The molecule has 1 aliphatic heterocycles. The number of para-hydroxylation sites is 9. The number of rotatable bonds is 9. The van der Waals surface area contributed by atoms with Gasteiger partial charge in [-0.2, -0.15) is 0 Å². The molecule has 1 saturated heterocycles. The number of nitrogens with zero attached hydrogens (tertiary/aromatic N) is 6. The van der Waals surface area contributed by atoms with Crippen LogP contribution in [0.5, 0.6) is 0 Å². The normalized spacial score (nSPS) is 13.0. The smallest absolute Gasteiger partial charge is 0.389 e. The highest BCUT2D eigenvalue weighted by Gasteiger charge is 2.56. The lowest BCUT2D eigenvalue weighted by atomic mass is 9.37. The topological polar surface area (TPSA) is 24.5 Å². The monoisotopic (exact) mass is 1030 g/mol. The molecule has 378 valence electrons. The van der Waals surface area contributed by atoms with Gasteiger partial charge in [-0.05, 0) is 126 Å². The van der Waals surface area contributed by atoms with Crippen LogP contribution < -0.4 is 30.6 Å². The molecule has 6 nitrogen and oxygen atoms in total. The number of anilines is 3. The van der Waals surface area contributed by atoms with Gasteiger partial charge in [-0.3, -0.25) is 0 Å². The molecule has 1 aliphatic rings. The summed E-state index contributed by atoms with van der Waals surface area (Å²) in [6.45, 7) is -1.15. The van der Waals surface area contributed by atoms with Gasteiger partial charge in [0.25, 0.3) is 0 Å². The first-order valence-corrected chi connectivity index (χ1v) is 28.0. The van der Waals surface area contributed by atoms with E-state index in [1.807, 2.05) is 0 Å². The summed E-state index contributed by atoms with van der Waals surface area (Å²) in [5.74, 6) is 0. The third-order valence-electron chi connectivity index (χ3n) is 16.8. The van der Waals surface area contributed by atoms with Crippen LogP contribution in [0.25, 0.3) is 82.5 Å². The van der Waals surface area contributed by atoms with Crippen LogP contribution in [0, 0.1) is 0 Å². The van der Waals surface area contributed by atoms with E-state index in [1.54, 1.807) is 0 Å². The predicted molar refractivity (Wildman–Crippen MR) is 345 cm³/mol. The van der Waals surface area contributed by atoms with Gasteiger partial charge >= 0.3 is 20.9 Å². The lowest BCUT2D eigenvalue weighted by Gasteiger charge is -2.57. The van der Waals surface area contributed by atoms with Gasteiger partial charge in [0.1, 0.15) is 0 Å². The molecule has 3 aromatic heterocycles. The van der Waals surface area contributed by atoms with Gasteiger partial charge in [0, 0.05) is 66.4 Å². The van der Waals surface area contributed by atoms with Gasteiger partial charge in [0.2, 0.25) is 0 Å². The van der Waals surface area contributed by atoms with Crippen LogP contribution in [-0.2, 0) is 0 Å². The summed E-state index contributed by atoms with van der Waals surface area (Å²) in [4.78, 5) is 0. The fourth-order valence-electron chi connectivity index (χ4n) is 13.5. The molecule has 12 aromatic carbocycles. The van der Waals surface area contributed by atoms with Crippen molar-refractivity contribution in [3.8, 4) is 17.1 Å². The molecule has 0 spiro atoms. The molecule has 0 amide bonds. The van der Waals surface area contributed by atoms with E-state index in [9.17, 15) is 0 Å². The molecule has 1 fully saturated rings. The Balaban J connectivity index is 1.01. The van der Waals surface area contributed by atoms with Crippen molar-refractivity contribution < 1.29 is 0 Å². The summed E-state index contributed by atoms with van der Waals surface area (Å²) in [5, 5.41) is 7.40. The summed E-state index contributed by atoms with van der Waals surface area (Å²) in [6.07, 6.45) is 0. The molecule has 0 bridgehead atoms. The van der Waals surface area contributed by atoms with Crippen molar-refractivity contribution in [2.24, 2.45) is 0 Å². The Morgan fingerprint density at radius 2 is 0.370 bits per heavy atom. The average molecular weight is 1030 g/mol. The van der Waals surface area contributed by atoms with Crippen molar-refractivity contribution in [3.05, 3.63) is 309 Å². The quantitative estimate of drug-likeness (QED) is 0.135. The van der Waals surface area contributed by atoms with Gasteiger partial charge in [-0.25, -0.2) is 0 Å². The zero-order valence-corrected chi connectivity index (χ0v) is 44.4. The van der Waals surface area contributed by atoms with Gasteiger partial charge in [-0.15, -0.1) is 0 Å². The minimum absolute atomic E-state index is 0.383. The minimum atomic E-state index is -0.383. The Labute approximate surface area is 471 Å². The molecule has 0 aliphatic carbocycles. The largest absolute Gasteiger partial charge is 0.416 e. The average Bonchev–Trinajstić information content (AvgIpc) is 4.32. The van der Waals surface area contributed by atoms with Crippen molar-refractivity contribution in [2.45, 2.75) is 0 Å². The van der Waals surface area contributed by atoms with Crippen LogP contribution >= 0.6 is 0 Å². The van der Waals surface area contributed by atoms with E-state index < -0.39 is 0 Å². The highest BCUT2D eigenvalue weighted by atomic mass is 15.3. The zero-order chi connectivity index (χ0) is 53.4. The van der Waals surface area contributed by atoms with Crippen molar-refractivity contribution in [2.75, 3.05) is 14.2 Å². The maximum absolute atomic E-state index is 2.68. The van der Waals surface area contributed by atoms with Crippen molar-refractivity contribution in [1.29, 1.82) is 0 Å². The Morgan fingerprint density at radius 1 is 0.173 bits per heavy atom. The van der Waals surface area contributed by atoms with Crippen LogP contribution in [0.3, 0.4) is 0 Å². The second kappa shape index (κ2) is 19.2. The van der Waals surface area contributed by atoms with E-state index >= 15 is 0 Å². The first-order valence-electron chi connectivity index (χ1n) is 28.0. The van der Waals surface area contributed by atoms with Gasteiger partial charge in [-0.1, -0.05) is 200 Å². The molecule has 16 rings (SSSR count). The van der Waals surface area contributed by atoms with E-state index in [4.69, 9.17) is 0 Å². The Kier molecular flexibility index (Phi) is 11.1. The van der Waals surface area contributed by atoms with E-state index in [0.29, 0.717) is 0 Å². The second-order valence-corrected chi connectivity index (χ2v) is 21.2. The van der Waals surface area contributed by atoms with E-state index in [2.05, 4.69) is 337 Å². The zero-order valence-electron chi connectivity index (χ0n) is 44.4. The lowest BCUT2D eigenvalue weighted by Crippen LogP contribution is -2.86. The van der Waals surface area contributed by atoms with Crippen molar-refractivity contribution >= 4 is 120 Å². The predicted octanol–water partition coefficient (Wildman–Crippen LogP) is 15.0. The molecule has 0 radical (unpaired) electrons. The fourth-order valence-corrected chi connectivity index (χ4v) is 13.5. The number of benzene rings is 12. The van der Waals surface area contributed by atoms with E-state index in [-0.39, 0.29) is 20.9 Å². The SMILES string of the molecule is c1ccc(N2B(c3cccc(-n4c5ccccc5c5ccccc54)c3)N(c3ccccc3)B(c3cccc(-n4c5ccccc5c5ccccc54)c3)N(c3ccccc3)B2c2cccc(-n3c4ccccc4c4ccccc43)c2)cc1. The molecular weight excluding hydrogens is 981 g/mol. The Hall–Kier alpha value is -10.4. The van der Waals surface area contributed by atoms with Crippen LogP contribution in [0.4, 0.5) is 17.1 Å². The van der Waals surface area contributed by atoms with Crippen LogP contribution in [0.15, 0.2) is 309 Å². The third-order valence-corrected chi connectivity index (χ3v) is 16.8. The third kappa shape index (κ3) is 7.53. The van der Waals surface area contributed by atoms with Crippen LogP contribution in [0.1, 0.15) is 0 Å². The van der Waals surface area contributed by atoms with Crippen LogP contribution in [-0.4, -0.2) is 34.6 Å². The van der Waals surface area contributed by atoms with Gasteiger partial charge in [0.15, 0.2) is 0 Å². The van der Waals surface area contributed by atoms with Gasteiger partial charge in [0.05, 0.1) is 33.1 Å². The summed E-state index contributed by atoms with van der Waals surface area (Å²) in [5.41, 5.74) is 17.1. The standard InChI is InChI=1S/C72H51B3N6/c1-4-28-55(29-5-1)79-73(52-25-22-34-58(49-52)76-67-43-16-10-37-61(67)62-38-11-17-44-68(62)76)80(56-30-6-2-7-31-56)75(54-27-24-36-60(51-54)78-71-47-20-14-41-65(71)66-42-15-21-48-72(66)78)81(57-32-8-3-9-33-57)74(79)53-26-23-35-59(50-53)77-69-45-18-12-39-63(69)64-40-13-19-46-70(64)77/h1-51H. The molecular formula is C72H51B3N6. The molecule has 0 saturated carbocycles. The minimum Gasteiger partial charge on any atom is -0.416 e. The number of fused-ring (bicyclic) bond motifs is 9. The van der Waals surface area contributed by atoms with E-state index in [1.165, 1.54) is 65.4 Å². The Morgan fingerprint density at radius 3 is 0.605 bits per heavy atom. The fraction of sp³-hybridized carbons (Fsp3) is 0. The number of hydrogen-bond acceptors (Lipinski definition) is 3. The highest BCUT2D eigenvalue weighted by molar-refractivity contribution is 7.14.